The summed E-state index contributed by atoms with van der Waals surface area (Å²) in [5, 5.41) is 2.88. The molecular formula is C18H14F7IN2O2. The molecule has 2 rings (SSSR count). The Morgan fingerprint density at radius 3 is 2.23 bits per heavy atom. The number of rotatable bonds is 8. The van der Waals surface area contributed by atoms with Gasteiger partial charge in [-0.25, -0.2) is 5.43 Å². The molecule has 12 heteroatoms. The van der Waals surface area contributed by atoms with Gasteiger partial charge in [-0.15, -0.1) is 0 Å². The molecule has 0 aliphatic heterocycles. The molecule has 0 saturated carbocycles. The molecule has 164 valence electrons. The molecule has 4 nitrogen and oxygen atoms in total. The van der Waals surface area contributed by atoms with Gasteiger partial charge in [0.1, 0.15) is 6.61 Å². The number of nitrogens with zero attached hydrogens (tertiary/aromatic N) is 1. The minimum Gasteiger partial charge on any atom is -0.493 e. The lowest BCUT2D eigenvalue weighted by Crippen LogP contribution is -2.58. The van der Waals surface area contributed by atoms with Crippen LogP contribution in [0.2, 0.25) is 0 Å². The number of alkyl halides is 7. The van der Waals surface area contributed by atoms with E-state index in [-0.39, 0.29) is 23.7 Å². The zero-order valence-electron chi connectivity index (χ0n) is 15.1. The lowest BCUT2D eigenvalue weighted by atomic mass is 10.2. The minimum atomic E-state index is -6.46. The fraction of sp³-hybridized carbons (Fsp3) is 0.278. The Kier molecular flexibility index (Phi) is 7.42. The monoisotopic (exact) mass is 550 g/mol. The second-order valence-electron chi connectivity index (χ2n) is 5.82. The molecule has 0 unspecified atom stereocenters. The average Bonchev–Trinajstić information content (AvgIpc) is 2.66. The fourth-order valence-corrected chi connectivity index (χ4v) is 2.77. The van der Waals surface area contributed by atoms with Gasteiger partial charge in [0, 0.05) is 9.13 Å². The normalized spacial score (nSPS) is 12.8. The maximum atomic E-state index is 13.3. The maximum absolute atomic E-state index is 13.3. The van der Waals surface area contributed by atoms with E-state index < -0.39 is 18.1 Å². The minimum absolute atomic E-state index is 0.0216. The van der Waals surface area contributed by atoms with Gasteiger partial charge < -0.3 is 9.47 Å². The van der Waals surface area contributed by atoms with Crippen molar-refractivity contribution in [1.29, 1.82) is 0 Å². The summed E-state index contributed by atoms with van der Waals surface area (Å²) < 4.78 is 101. The predicted octanol–water partition coefficient (Wildman–Crippen LogP) is 5.59. The molecule has 0 radical (unpaired) electrons. The zero-order chi connectivity index (χ0) is 22.6. The molecule has 0 aromatic heterocycles. The van der Waals surface area contributed by atoms with E-state index in [2.05, 4.69) is 5.10 Å². The standard InChI is InChI=1S/C18H14F7IN2O2/c1-29-14-8-13(26)7-12(15(14)30-10-11-5-3-2-4-6-11)9-27-28-18(24,25)16(19,20)17(21,22)23/h2-9,28H,10H2,1H3/b27-9-. The Bertz CT molecular complexity index is 890. The summed E-state index contributed by atoms with van der Waals surface area (Å²) in [6.45, 7) is 0.0500. The molecule has 0 amide bonds. The van der Waals surface area contributed by atoms with Gasteiger partial charge in [0.05, 0.1) is 13.3 Å². The number of ether oxygens (including phenoxy) is 2. The van der Waals surface area contributed by atoms with Crippen LogP contribution in [-0.4, -0.2) is 31.5 Å². The number of hydrogen-bond acceptors (Lipinski definition) is 4. The molecule has 30 heavy (non-hydrogen) atoms. The Balaban J connectivity index is 2.28. The van der Waals surface area contributed by atoms with Gasteiger partial charge >= 0.3 is 18.1 Å². The van der Waals surface area contributed by atoms with E-state index in [0.29, 0.717) is 15.2 Å². The van der Waals surface area contributed by atoms with Gasteiger partial charge in [0.2, 0.25) is 0 Å². The molecule has 0 fully saturated rings. The largest absolute Gasteiger partial charge is 0.493 e. The number of halogens is 8. The first-order chi connectivity index (χ1) is 13.9. The SMILES string of the molecule is COc1cc(I)cc(/C=N\NC(F)(F)C(F)(F)C(F)(F)F)c1OCc1ccccc1. The Labute approximate surface area is 180 Å². The van der Waals surface area contributed by atoms with Gasteiger partial charge in [-0.1, -0.05) is 30.3 Å². The van der Waals surface area contributed by atoms with Crippen molar-refractivity contribution in [2.75, 3.05) is 7.11 Å². The molecule has 0 aliphatic carbocycles. The van der Waals surface area contributed by atoms with Gasteiger partial charge in [0.15, 0.2) is 11.5 Å². The zero-order valence-corrected chi connectivity index (χ0v) is 17.3. The molecular weight excluding hydrogens is 536 g/mol. The van der Waals surface area contributed by atoms with Crippen molar-refractivity contribution in [2.24, 2.45) is 5.10 Å². The van der Waals surface area contributed by atoms with Gasteiger partial charge in [-0.3, -0.25) is 0 Å². The van der Waals surface area contributed by atoms with Crippen molar-refractivity contribution >= 4 is 28.8 Å². The van der Waals surface area contributed by atoms with E-state index in [1.165, 1.54) is 13.2 Å². The molecule has 0 saturated heterocycles. The Hall–Kier alpha value is -2.25. The lowest BCUT2D eigenvalue weighted by Gasteiger charge is -2.27. The third kappa shape index (κ3) is 5.46. The highest BCUT2D eigenvalue weighted by atomic mass is 127. The second-order valence-corrected chi connectivity index (χ2v) is 7.06. The molecule has 0 aliphatic rings. The highest BCUT2D eigenvalue weighted by Crippen LogP contribution is 2.45. The second kappa shape index (κ2) is 9.27. The van der Waals surface area contributed by atoms with E-state index in [1.807, 2.05) is 22.6 Å². The smallest absolute Gasteiger partial charge is 0.462 e. The van der Waals surface area contributed by atoms with Crippen LogP contribution in [0.5, 0.6) is 11.5 Å². The van der Waals surface area contributed by atoms with Gasteiger partial charge in [0.25, 0.3) is 0 Å². The predicted molar refractivity (Wildman–Crippen MR) is 103 cm³/mol. The van der Waals surface area contributed by atoms with E-state index in [4.69, 9.17) is 9.47 Å². The Morgan fingerprint density at radius 1 is 1.03 bits per heavy atom. The first kappa shape index (κ1) is 24.0. The number of nitrogens with one attached hydrogen (secondary N) is 1. The summed E-state index contributed by atoms with van der Waals surface area (Å²) in [7, 11) is 1.32. The van der Waals surface area contributed by atoms with Crippen LogP contribution in [0.3, 0.4) is 0 Å². The third-order valence-electron chi connectivity index (χ3n) is 3.65. The highest BCUT2D eigenvalue weighted by molar-refractivity contribution is 14.1. The van der Waals surface area contributed by atoms with Crippen molar-refractivity contribution in [3.05, 3.63) is 57.2 Å². The van der Waals surface area contributed by atoms with E-state index in [9.17, 15) is 30.7 Å². The first-order valence-electron chi connectivity index (χ1n) is 8.06. The van der Waals surface area contributed by atoms with Crippen LogP contribution in [0, 0.1) is 3.57 Å². The van der Waals surface area contributed by atoms with Crippen LogP contribution in [0.25, 0.3) is 0 Å². The van der Waals surface area contributed by atoms with Crippen molar-refractivity contribution in [1.82, 2.24) is 5.43 Å². The molecule has 2 aromatic carbocycles. The van der Waals surface area contributed by atoms with Crippen LogP contribution in [0.1, 0.15) is 11.1 Å². The van der Waals surface area contributed by atoms with E-state index in [0.717, 1.165) is 5.56 Å². The van der Waals surface area contributed by atoms with Gasteiger partial charge in [-0.2, -0.15) is 35.8 Å². The topological polar surface area (TPSA) is 42.8 Å². The first-order valence-corrected chi connectivity index (χ1v) is 9.14. The van der Waals surface area contributed by atoms with Crippen molar-refractivity contribution < 1.29 is 40.2 Å². The van der Waals surface area contributed by atoms with Crippen LogP contribution in [0.4, 0.5) is 30.7 Å². The summed E-state index contributed by atoms with van der Waals surface area (Å²) in [4.78, 5) is 0. The molecule has 0 bridgehead atoms. The van der Waals surface area contributed by atoms with Crippen LogP contribution < -0.4 is 14.9 Å². The summed E-state index contributed by atoms with van der Waals surface area (Å²) in [5.41, 5.74) is 1.36. The van der Waals surface area contributed by atoms with Crippen LogP contribution >= 0.6 is 22.6 Å². The van der Waals surface area contributed by atoms with Crippen molar-refractivity contribution in [3.63, 3.8) is 0 Å². The molecule has 0 spiro atoms. The van der Waals surface area contributed by atoms with E-state index >= 15 is 0 Å². The quantitative estimate of drug-likeness (QED) is 0.153. The van der Waals surface area contributed by atoms with Crippen molar-refractivity contribution in [3.8, 4) is 11.5 Å². The molecule has 0 heterocycles. The summed E-state index contributed by atoms with van der Waals surface area (Å²) in [6, 6.07) is 6.11. The summed E-state index contributed by atoms with van der Waals surface area (Å²) in [5.74, 6) is -6.10. The maximum Gasteiger partial charge on any atom is 0.462 e. The third-order valence-corrected chi connectivity index (χ3v) is 4.28. The van der Waals surface area contributed by atoms with Crippen LogP contribution in [-0.2, 0) is 6.61 Å². The number of hydrogen-bond donors (Lipinski definition) is 1. The number of benzene rings is 2. The number of hydrazone groups is 1. The average molecular weight is 550 g/mol. The summed E-state index contributed by atoms with van der Waals surface area (Å²) in [6.07, 6.45) is -5.82. The number of methoxy groups -OCH3 is 1. The molecule has 0 atom stereocenters. The van der Waals surface area contributed by atoms with Gasteiger partial charge in [-0.05, 0) is 40.3 Å². The van der Waals surface area contributed by atoms with Crippen molar-refractivity contribution in [2.45, 2.75) is 24.8 Å². The fourth-order valence-electron chi connectivity index (χ4n) is 2.15. The summed E-state index contributed by atoms with van der Waals surface area (Å²) >= 11 is 1.87. The Morgan fingerprint density at radius 2 is 1.67 bits per heavy atom. The highest BCUT2D eigenvalue weighted by Gasteiger charge is 2.73. The molecule has 1 N–H and O–H groups in total. The molecule has 2 aromatic rings. The van der Waals surface area contributed by atoms with E-state index in [1.54, 1.807) is 36.4 Å². The lowest BCUT2D eigenvalue weighted by molar-refractivity contribution is -0.361. The van der Waals surface area contributed by atoms with Crippen LogP contribution in [0.15, 0.2) is 47.6 Å².